The average molecular weight is 372 g/mol. The van der Waals surface area contributed by atoms with Crippen LogP contribution in [0.1, 0.15) is 27.7 Å². The zero-order chi connectivity index (χ0) is 19.2. The number of hydrogen-bond donors (Lipinski definition) is 1. The minimum absolute atomic E-state index is 0.0252. The number of rotatable bonds is 2. The van der Waals surface area contributed by atoms with E-state index in [0.29, 0.717) is 0 Å². The molecule has 5 nitrogen and oxygen atoms in total. The van der Waals surface area contributed by atoms with E-state index in [2.05, 4.69) is 67.8 Å². The van der Waals surface area contributed by atoms with Gasteiger partial charge < -0.3 is 19.4 Å². The second-order valence-electron chi connectivity index (χ2n) is 9.04. The fourth-order valence-electron chi connectivity index (χ4n) is 4.89. The topological polar surface area (TPSA) is 27.5 Å². The molecular formula is C22H35N4O+. The Morgan fingerprint density at radius 2 is 1.85 bits per heavy atom. The third-order valence-corrected chi connectivity index (χ3v) is 6.97. The molecule has 0 bridgehead atoms. The number of ether oxygens (including phenoxy) is 1. The van der Waals surface area contributed by atoms with Gasteiger partial charge in [0.05, 0.1) is 12.1 Å². The summed E-state index contributed by atoms with van der Waals surface area (Å²) in [6.07, 6.45) is 8.63. The zero-order valence-electron chi connectivity index (χ0n) is 17.6. The highest BCUT2D eigenvalue weighted by molar-refractivity contribution is 6.04. The summed E-state index contributed by atoms with van der Waals surface area (Å²) in [5.74, 6) is 0. The van der Waals surface area contributed by atoms with E-state index in [1.54, 1.807) is 0 Å². The Bertz CT molecular complexity index is 713. The zero-order valence-corrected chi connectivity index (χ0v) is 17.6. The van der Waals surface area contributed by atoms with Crippen molar-refractivity contribution in [2.75, 3.05) is 59.5 Å². The van der Waals surface area contributed by atoms with Gasteiger partial charge in [-0.25, -0.2) is 4.58 Å². The second kappa shape index (κ2) is 6.96. The highest BCUT2D eigenvalue weighted by Crippen LogP contribution is 2.40. The summed E-state index contributed by atoms with van der Waals surface area (Å²) in [7, 11) is 2.39. The quantitative estimate of drug-likeness (QED) is 0.456. The lowest BCUT2D eigenvalue weighted by Gasteiger charge is -2.56. The molecule has 0 spiro atoms. The van der Waals surface area contributed by atoms with Gasteiger partial charge in [-0.1, -0.05) is 0 Å². The molecule has 1 N–H and O–H groups in total. The summed E-state index contributed by atoms with van der Waals surface area (Å²) in [4.78, 5) is 2.52. The molecule has 3 aliphatic heterocycles. The van der Waals surface area contributed by atoms with E-state index in [9.17, 15) is 0 Å². The van der Waals surface area contributed by atoms with Gasteiger partial charge in [0.1, 0.15) is 13.2 Å². The number of allylic oxidation sites excluding steroid dienone is 5. The van der Waals surface area contributed by atoms with E-state index in [1.807, 2.05) is 0 Å². The van der Waals surface area contributed by atoms with Gasteiger partial charge in [0.15, 0.2) is 13.1 Å². The van der Waals surface area contributed by atoms with E-state index in [4.69, 9.17) is 4.74 Å². The SMILES string of the molecule is CC1=CC(=[N+]2CCOCC2)C=C(C)C1=CC(C)(C)[N+]1(C)CCN2CCN[C-]21. The summed E-state index contributed by atoms with van der Waals surface area (Å²) in [5, 5.41) is 3.66. The van der Waals surface area contributed by atoms with E-state index in [-0.39, 0.29) is 5.54 Å². The number of quaternary nitrogens is 1. The van der Waals surface area contributed by atoms with Gasteiger partial charge in [0.2, 0.25) is 5.71 Å². The van der Waals surface area contributed by atoms with Gasteiger partial charge in [-0.3, -0.25) is 0 Å². The molecule has 0 radical (unpaired) electrons. The first-order valence-electron chi connectivity index (χ1n) is 10.3. The summed E-state index contributed by atoms with van der Waals surface area (Å²) in [6, 6.07) is 0. The van der Waals surface area contributed by atoms with Gasteiger partial charge in [-0.05, 0) is 63.6 Å². The van der Waals surface area contributed by atoms with Crippen LogP contribution in [0.15, 0.2) is 34.9 Å². The molecule has 0 saturated carbocycles. The molecule has 4 rings (SSSR count). The molecule has 1 unspecified atom stereocenters. The Morgan fingerprint density at radius 1 is 1.19 bits per heavy atom. The second-order valence-corrected chi connectivity index (χ2v) is 9.04. The molecular weight excluding hydrogens is 336 g/mol. The normalized spacial score (nSPS) is 30.5. The molecule has 148 valence electrons. The van der Waals surface area contributed by atoms with Crippen molar-refractivity contribution in [3.05, 3.63) is 41.2 Å². The van der Waals surface area contributed by atoms with Crippen molar-refractivity contribution < 1.29 is 13.8 Å². The molecule has 0 aromatic carbocycles. The molecule has 3 fully saturated rings. The maximum Gasteiger partial charge on any atom is 0.200 e. The van der Waals surface area contributed by atoms with Crippen LogP contribution in [-0.4, -0.2) is 84.7 Å². The monoisotopic (exact) mass is 371 g/mol. The molecule has 4 aliphatic rings. The Balaban J connectivity index is 1.65. The van der Waals surface area contributed by atoms with Gasteiger partial charge in [0, 0.05) is 32.0 Å². The lowest BCUT2D eigenvalue weighted by Crippen LogP contribution is -2.61. The van der Waals surface area contributed by atoms with Crippen molar-refractivity contribution in [3.8, 4) is 0 Å². The fraction of sp³-hybridized carbons (Fsp3) is 0.636. The van der Waals surface area contributed by atoms with Crippen LogP contribution in [0.3, 0.4) is 0 Å². The number of hydrogen-bond acceptors (Lipinski definition) is 3. The van der Waals surface area contributed by atoms with Crippen molar-refractivity contribution in [1.82, 2.24) is 10.2 Å². The third-order valence-electron chi connectivity index (χ3n) is 6.97. The van der Waals surface area contributed by atoms with Crippen molar-refractivity contribution in [2.45, 2.75) is 33.2 Å². The molecule has 1 atom stereocenters. The lowest BCUT2D eigenvalue weighted by atomic mass is 9.86. The number of fused-ring (bicyclic) bond motifs is 1. The molecule has 0 amide bonds. The Hall–Kier alpha value is -1.27. The van der Waals surface area contributed by atoms with Crippen LogP contribution >= 0.6 is 0 Å². The molecule has 0 aromatic rings. The predicted molar refractivity (Wildman–Crippen MR) is 109 cm³/mol. The first kappa shape index (κ1) is 19.1. The fourth-order valence-corrected chi connectivity index (χ4v) is 4.89. The van der Waals surface area contributed by atoms with E-state index < -0.39 is 0 Å². The largest absolute Gasteiger partial charge is 0.421 e. The Labute approximate surface area is 164 Å². The minimum atomic E-state index is 0.0252. The first-order valence-corrected chi connectivity index (χ1v) is 10.3. The summed E-state index contributed by atoms with van der Waals surface area (Å²) < 4.78 is 8.91. The van der Waals surface area contributed by atoms with Gasteiger partial charge >= 0.3 is 0 Å². The van der Waals surface area contributed by atoms with E-state index in [0.717, 1.165) is 57.0 Å². The van der Waals surface area contributed by atoms with E-state index in [1.165, 1.54) is 28.7 Å². The van der Waals surface area contributed by atoms with Gasteiger partial charge in [-0.2, -0.15) is 0 Å². The van der Waals surface area contributed by atoms with Crippen LogP contribution in [0.4, 0.5) is 0 Å². The highest BCUT2D eigenvalue weighted by atomic mass is 16.5. The van der Waals surface area contributed by atoms with Crippen LogP contribution in [0.25, 0.3) is 0 Å². The van der Waals surface area contributed by atoms with Crippen LogP contribution in [-0.2, 0) is 4.74 Å². The van der Waals surface area contributed by atoms with E-state index >= 15 is 0 Å². The van der Waals surface area contributed by atoms with Crippen LogP contribution in [0.5, 0.6) is 0 Å². The first-order chi connectivity index (χ1) is 12.8. The van der Waals surface area contributed by atoms with Crippen molar-refractivity contribution in [3.63, 3.8) is 0 Å². The highest BCUT2D eigenvalue weighted by Gasteiger charge is 2.45. The summed E-state index contributed by atoms with van der Waals surface area (Å²) in [6.45, 7) is 17.5. The molecule has 1 aliphatic carbocycles. The standard InChI is InChI=1S/C22H35N4O/c1-17-14-19(24-9-12-27-13-10-24)15-18(2)20(17)16-22(3,4)26(5)11-8-25-7-6-23-21(25)26/h14-16,23H,6-13H2,1-5H3/q+1. The Kier molecular flexibility index (Phi) is 4.91. The number of nitrogens with one attached hydrogen (secondary N) is 1. The molecule has 5 heteroatoms. The third kappa shape index (κ3) is 3.25. The van der Waals surface area contributed by atoms with Crippen LogP contribution in [0.2, 0.25) is 0 Å². The van der Waals surface area contributed by atoms with Crippen molar-refractivity contribution in [2.24, 2.45) is 0 Å². The summed E-state index contributed by atoms with van der Waals surface area (Å²) >= 11 is 0. The number of morpholine rings is 1. The summed E-state index contributed by atoms with van der Waals surface area (Å²) in [5.41, 5.74) is 5.50. The number of nitrogens with zero attached hydrogens (tertiary/aromatic N) is 3. The maximum atomic E-state index is 5.51. The van der Waals surface area contributed by atoms with Gasteiger partial charge in [0.25, 0.3) is 0 Å². The minimum Gasteiger partial charge on any atom is -0.421 e. The van der Waals surface area contributed by atoms with Crippen LogP contribution < -0.4 is 5.32 Å². The predicted octanol–water partition coefficient (Wildman–Crippen LogP) is 1.89. The molecule has 0 aromatic heterocycles. The number of likely N-dealkylation sites (N-methyl/N-ethyl adjacent to an activating group) is 1. The Morgan fingerprint density at radius 3 is 2.52 bits per heavy atom. The maximum absolute atomic E-state index is 5.51. The van der Waals surface area contributed by atoms with Crippen molar-refractivity contribution in [1.29, 1.82) is 0 Å². The molecule has 3 heterocycles. The average Bonchev–Trinajstić information content (AvgIpc) is 3.23. The van der Waals surface area contributed by atoms with Crippen LogP contribution in [0, 0.1) is 6.29 Å². The smallest absolute Gasteiger partial charge is 0.200 e. The molecule has 3 saturated heterocycles. The van der Waals surface area contributed by atoms with Gasteiger partial charge in [-0.15, -0.1) is 0 Å². The molecule has 27 heavy (non-hydrogen) atoms. The van der Waals surface area contributed by atoms with Crippen molar-refractivity contribution >= 4 is 5.71 Å². The lowest BCUT2D eigenvalue weighted by molar-refractivity contribution is -0.931.